The number of carbonyl (C=O) groups is 1. The predicted molar refractivity (Wildman–Crippen MR) is 98.8 cm³/mol. The molecule has 0 aliphatic carbocycles. The Balaban J connectivity index is 1.99. The molecule has 0 saturated carbocycles. The van der Waals surface area contributed by atoms with E-state index in [1.807, 2.05) is 0 Å². The molecule has 2 aromatic rings. The van der Waals surface area contributed by atoms with Gasteiger partial charge in [0.05, 0.1) is 16.7 Å². The number of carboxylic acids is 1. The summed E-state index contributed by atoms with van der Waals surface area (Å²) >= 11 is 0. The second-order valence-electron chi connectivity index (χ2n) is 8.11. The molecule has 1 saturated heterocycles. The largest absolute Gasteiger partial charge is 0.550 e. The molecule has 0 unspecified atom stereocenters. The van der Waals surface area contributed by atoms with Gasteiger partial charge in [-0.2, -0.15) is 39.5 Å². The normalized spacial score (nSPS) is 20.0. The van der Waals surface area contributed by atoms with Crippen molar-refractivity contribution in [2.45, 2.75) is 44.0 Å². The highest BCUT2D eigenvalue weighted by molar-refractivity contribution is 5.64. The van der Waals surface area contributed by atoms with E-state index in [1.54, 1.807) is 0 Å². The summed E-state index contributed by atoms with van der Waals surface area (Å²) < 4.78 is 118. The van der Waals surface area contributed by atoms with Crippen molar-refractivity contribution >= 4 is 5.97 Å². The quantitative estimate of drug-likeness (QED) is 0.516. The number of rotatable bonds is 5. The molecule has 1 heterocycles. The molecular weight excluding hydrogens is 481 g/mol. The average molecular weight is 498 g/mol. The van der Waals surface area contributed by atoms with E-state index in [0.29, 0.717) is 18.2 Å². The van der Waals surface area contributed by atoms with E-state index in [1.165, 1.54) is 4.90 Å². The number of alkyl halides is 9. The van der Waals surface area contributed by atoms with Gasteiger partial charge in [0.25, 0.3) is 0 Å². The Morgan fingerprint density at radius 2 is 1.41 bits per heavy atom. The molecular formula is C22H17F9NO2-. The van der Waals surface area contributed by atoms with Gasteiger partial charge in [-0.3, -0.25) is 4.90 Å². The highest BCUT2D eigenvalue weighted by atomic mass is 19.4. The summed E-state index contributed by atoms with van der Waals surface area (Å²) in [5, 5.41) is 11.0. The van der Waals surface area contributed by atoms with Crippen LogP contribution in [0.1, 0.15) is 46.7 Å². The summed E-state index contributed by atoms with van der Waals surface area (Å²) in [7, 11) is 0. The number of aliphatic carboxylic acids is 1. The third kappa shape index (κ3) is 6.02. The van der Waals surface area contributed by atoms with E-state index < -0.39 is 71.7 Å². The molecule has 1 fully saturated rings. The van der Waals surface area contributed by atoms with Gasteiger partial charge in [-0.25, -0.2) is 0 Å². The molecule has 0 amide bonds. The summed E-state index contributed by atoms with van der Waals surface area (Å²) in [5.74, 6) is -2.04. The zero-order chi connectivity index (χ0) is 25.5. The SMILES string of the molecule is O=C([O-])C[C@@H]1C[C@H](c2ccc(C(F)(F)F)cc2)N(Cc2cc(C(F)(F)F)ccc2C(F)(F)F)C1. The van der Waals surface area contributed by atoms with Crippen LogP contribution in [-0.4, -0.2) is 17.4 Å². The zero-order valence-electron chi connectivity index (χ0n) is 17.2. The summed E-state index contributed by atoms with van der Waals surface area (Å²) in [6.45, 7) is -0.707. The van der Waals surface area contributed by atoms with Gasteiger partial charge in [0, 0.05) is 25.1 Å². The molecule has 34 heavy (non-hydrogen) atoms. The Bertz CT molecular complexity index is 1030. The third-order valence-electron chi connectivity index (χ3n) is 5.68. The van der Waals surface area contributed by atoms with Crippen molar-refractivity contribution in [2.75, 3.05) is 6.54 Å². The van der Waals surface area contributed by atoms with Gasteiger partial charge in [0.1, 0.15) is 0 Å². The summed E-state index contributed by atoms with van der Waals surface area (Å²) in [5.41, 5.74) is -3.92. The maximum absolute atomic E-state index is 13.5. The lowest BCUT2D eigenvalue weighted by Crippen LogP contribution is -2.28. The van der Waals surface area contributed by atoms with Gasteiger partial charge in [0.15, 0.2) is 0 Å². The zero-order valence-corrected chi connectivity index (χ0v) is 17.2. The van der Waals surface area contributed by atoms with Crippen LogP contribution in [-0.2, 0) is 29.9 Å². The first-order chi connectivity index (χ1) is 15.6. The second-order valence-corrected chi connectivity index (χ2v) is 8.11. The van der Waals surface area contributed by atoms with Gasteiger partial charge in [-0.05, 0) is 60.2 Å². The number of benzene rings is 2. The van der Waals surface area contributed by atoms with E-state index in [4.69, 9.17) is 0 Å². The molecule has 0 spiro atoms. The van der Waals surface area contributed by atoms with E-state index in [9.17, 15) is 49.4 Å². The molecule has 0 radical (unpaired) electrons. The molecule has 0 bridgehead atoms. The van der Waals surface area contributed by atoms with Crippen LogP contribution in [0.2, 0.25) is 0 Å². The number of halogens is 9. The van der Waals surface area contributed by atoms with Crippen molar-refractivity contribution in [3.05, 3.63) is 70.3 Å². The molecule has 12 heteroatoms. The van der Waals surface area contributed by atoms with Gasteiger partial charge >= 0.3 is 18.5 Å². The number of hydrogen-bond donors (Lipinski definition) is 0. The van der Waals surface area contributed by atoms with Crippen molar-refractivity contribution < 1.29 is 49.4 Å². The van der Waals surface area contributed by atoms with Crippen molar-refractivity contribution in [1.82, 2.24) is 4.90 Å². The number of carboxylic acid groups (broad SMARTS) is 1. The fourth-order valence-electron chi connectivity index (χ4n) is 4.19. The summed E-state index contributed by atoms with van der Waals surface area (Å²) in [6.07, 6.45) is -14.9. The first kappa shape index (κ1) is 25.9. The fourth-order valence-corrected chi connectivity index (χ4v) is 4.19. The molecule has 3 rings (SSSR count). The topological polar surface area (TPSA) is 43.4 Å². The maximum atomic E-state index is 13.5. The monoisotopic (exact) mass is 498 g/mol. The molecule has 1 aliphatic rings. The van der Waals surface area contributed by atoms with Crippen molar-refractivity contribution in [2.24, 2.45) is 5.92 Å². The Morgan fingerprint density at radius 3 is 1.91 bits per heavy atom. The predicted octanol–water partition coefficient (Wildman–Crippen LogP) is 5.45. The van der Waals surface area contributed by atoms with Crippen LogP contribution in [0.15, 0.2) is 42.5 Å². The number of likely N-dealkylation sites (tertiary alicyclic amines) is 1. The van der Waals surface area contributed by atoms with E-state index in [2.05, 4.69) is 0 Å². The number of carbonyl (C=O) groups excluding carboxylic acids is 1. The Hall–Kier alpha value is -2.76. The minimum absolute atomic E-state index is 0.0691. The summed E-state index contributed by atoms with van der Waals surface area (Å²) in [6, 6.07) is 4.05. The number of nitrogens with zero attached hydrogens (tertiary/aromatic N) is 1. The van der Waals surface area contributed by atoms with Crippen LogP contribution in [0.25, 0.3) is 0 Å². The molecule has 1 aliphatic heterocycles. The van der Waals surface area contributed by atoms with Crippen LogP contribution in [0.4, 0.5) is 39.5 Å². The van der Waals surface area contributed by atoms with Gasteiger partial charge in [-0.1, -0.05) is 12.1 Å². The smallest absolute Gasteiger partial charge is 0.416 e. The van der Waals surface area contributed by atoms with E-state index in [0.717, 1.165) is 24.3 Å². The molecule has 0 aromatic heterocycles. The maximum Gasteiger partial charge on any atom is 0.416 e. The first-order valence-electron chi connectivity index (χ1n) is 9.94. The van der Waals surface area contributed by atoms with Crippen LogP contribution in [0.5, 0.6) is 0 Å². The van der Waals surface area contributed by atoms with Gasteiger partial charge < -0.3 is 9.90 Å². The highest BCUT2D eigenvalue weighted by Crippen LogP contribution is 2.42. The molecule has 2 aromatic carbocycles. The molecule has 2 atom stereocenters. The van der Waals surface area contributed by atoms with Gasteiger partial charge in [0.2, 0.25) is 0 Å². The third-order valence-corrected chi connectivity index (χ3v) is 5.68. The lowest BCUT2D eigenvalue weighted by atomic mass is 9.96. The fraction of sp³-hybridized carbons (Fsp3) is 0.409. The van der Waals surface area contributed by atoms with Gasteiger partial charge in [-0.15, -0.1) is 0 Å². The second kappa shape index (κ2) is 9.12. The van der Waals surface area contributed by atoms with Crippen LogP contribution < -0.4 is 5.11 Å². The highest BCUT2D eigenvalue weighted by Gasteiger charge is 2.40. The van der Waals surface area contributed by atoms with Crippen molar-refractivity contribution in [1.29, 1.82) is 0 Å². The molecule has 186 valence electrons. The van der Waals surface area contributed by atoms with Crippen molar-refractivity contribution in [3.63, 3.8) is 0 Å². The van der Waals surface area contributed by atoms with E-state index in [-0.39, 0.29) is 18.5 Å². The lowest BCUT2D eigenvalue weighted by Gasteiger charge is -2.27. The number of hydrogen-bond acceptors (Lipinski definition) is 3. The molecule has 0 N–H and O–H groups in total. The first-order valence-corrected chi connectivity index (χ1v) is 9.94. The Morgan fingerprint density at radius 1 is 0.853 bits per heavy atom. The molecule has 3 nitrogen and oxygen atoms in total. The standard InChI is InChI=1S/C22H18F9NO2/c23-20(24,25)15-3-1-13(2-4-15)18-7-12(8-19(33)34)10-32(18)11-14-9-16(21(26,27)28)5-6-17(14)22(29,30)31/h1-6,9,12,18H,7-8,10-11H2,(H,33,34)/p-1/t12-,18+/m0/s1. The van der Waals surface area contributed by atoms with Crippen LogP contribution >= 0.6 is 0 Å². The van der Waals surface area contributed by atoms with Crippen molar-refractivity contribution in [3.8, 4) is 0 Å². The Labute approximate surface area is 187 Å². The minimum Gasteiger partial charge on any atom is -0.550 e. The summed E-state index contributed by atoms with van der Waals surface area (Å²) in [4.78, 5) is 12.4. The van der Waals surface area contributed by atoms with E-state index >= 15 is 0 Å². The lowest BCUT2D eigenvalue weighted by molar-refractivity contribution is -0.306. The van der Waals surface area contributed by atoms with Crippen LogP contribution in [0.3, 0.4) is 0 Å². The van der Waals surface area contributed by atoms with Crippen LogP contribution in [0, 0.1) is 5.92 Å². The Kier molecular flexibility index (Phi) is 6.94. The minimum atomic E-state index is -4.95. The average Bonchev–Trinajstić information content (AvgIpc) is 3.07.